The normalized spacial score (nSPS) is 12.2. The van der Waals surface area contributed by atoms with Gasteiger partial charge < -0.3 is 13.9 Å². The Kier molecular flexibility index (Phi) is 5.99. The molecule has 0 fully saturated rings. The van der Waals surface area contributed by atoms with Crippen molar-refractivity contribution in [1.82, 2.24) is 9.47 Å². The van der Waals surface area contributed by atoms with Gasteiger partial charge in [0.15, 0.2) is 0 Å². The molecule has 1 amide bonds. The number of aromatic nitrogens is 1. The van der Waals surface area contributed by atoms with Crippen LogP contribution in [-0.2, 0) is 13.6 Å². The third-order valence-electron chi connectivity index (χ3n) is 3.36. The highest BCUT2D eigenvalue weighted by Crippen LogP contribution is 2.50. The molecule has 6 nitrogen and oxygen atoms in total. The Morgan fingerprint density at radius 2 is 1.83 bits per heavy atom. The molecule has 0 unspecified atom stereocenters. The minimum atomic E-state index is -3.32. The summed E-state index contributed by atoms with van der Waals surface area (Å²) in [6, 6.07) is 9.27. The number of nitrogens with zero attached hydrogens (tertiary/aromatic N) is 2. The third kappa shape index (κ3) is 3.96. The van der Waals surface area contributed by atoms with E-state index in [1.165, 1.54) is 10.7 Å². The van der Waals surface area contributed by atoms with Crippen LogP contribution in [0.4, 0.5) is 4.79 Å². The van der Waals surface area contributed by atoms with Crippen molar-refractivity contribution in [1.29, 1.82) is 0 Å². The van der Waals surface area contributed by atoms with Crippen LogP contribution >= 0.6 is 7.60 Å². The number of carbonyl (C=O) groups excluding carboxylic acids is 1. The molecule has 130 valence electrons. The first-order chi connectivity index (χ1) is 11.4. The van der Waals surface area contributed by atoms with Crippen LogP contribution in [0.5, 0.6) is 0 Å². The van der Waals surface area contributed by atoms with Crippen molar-refractivity contribution >= 4 is 30.6 Å². The molecule has 0 spiro atoms. The van der Waals surface area contributed by atoms with Crippen LogP contribution in [0.15, 0.2) is 36.1 Å². The van der Waals surface area contributed by atoms with E-state index in [0.29, 0.717) is 5.69 Å². The van der Waals surface area contributed by atoms with Crippen LogP contribution in [0.3, 0.4) is 0 Å². The molecule has 0 aliphatic carbocycles. The number of para-hydroxylation sites is 1. The first-order valence-corrected chi connectivity index (χ1v) is 9.43. The minimum Gasteiger partial charge on any atom is -0.330 e. The summed E-state index contributed by atoms with van der Waals surface area (Å²) >= 11 is 0. The van der Waals surface area contributed by atoms with E-state index in [1.807, 2.05) is 30.3 Å². The van der Waals surface area contributed by atoms with Gasteiger partial charge in [-0.3, -0.25) is 9.13 Å². The molecule has 0 saturated heterocycles. The first-order valence-electron chi connectivity index (χ1n) is 7.82. The maximum Gasteiger partial charge on any atom is 0.354 e. The molecule has 0 atom stereocenters. The number of hydrogen-bond donors (Lipinski definition) is 0. The van der Waals surface area contributed by atoms with Crippen molar-refractivity contribution in [2.45, 2.75) is 13.8 Å². The largest absolute Gasteiger partial charge is 0.354 e. The zero-order valence-electron chi connectivity index (χ0n) is 14.4. The fourth-order valence-electron chi connectivity index (χ4n) is 2.36. The number of amides is 1. The van der Waals surface area contributed by atoms with Crippen LogP contribution in [0.25, 0.3) is 17.0 Å². The summed E-state index contributed by atoms with van der Waals surface area (Å²) in [5.74, 6) is 1.41. The lowest BCUT2D eigenvalue weighted by atomic mass is 10.2. The van der Waals surface area contributed by atoms with Gasteiger partial charge in [-0.1, -0.05) is 18.2 Å². The van der Waals surface area contributed by atoms with E-state index in [9.17, 15) is 9.36 Å². The predicted octanol–water partition coefficient (Wildman–Crippen LogP) is 4.41. The Balaban J connectivity index is 2.51. The lowest BCUT2D eigenvalue weighted by Gasteiger charge is -2.15. The number of rotatable bonds is 6. The fraction of sp³-hybridized carbons (Fsp3) is 0.353. The van der Waals surface area contributed by atoms with Gasteiger partial charge >= 0.3 is 13.6 Å². The van der Waals surface area contributed by atoms with Gasteiger partial charge in [0.25, 0.3) is 0 Å². The van der Waals surface area contributed by atoms with Crippen LogP contribution in [0.2, 0.25) is 0 Å². The molecule has 7 heteroatoms. The molecule has 1 aromatic carbocycles. The summed E-state index contributed by atoms with van der Waals surface area (Å²) in [5.41, 5.74) is 1.41. The molecule has 0 aliphatic rings. The van der Waals surface area contributed by atoms with Crippen molar-refractivity contribution in [2.75, 3.05) is 27.3 Å². The quantitative estimate of drug-likeness (QED) is 0.724. The van der Waals surface area contributed by atoms with Gasteiger partial charge in [0.1, 0.15) is 0 Å². The molecule has 1 aromatic heterocycles. The van der Waals surface area contributed by atoms with Gasteiger partial charge in [0.05, 0.1) is 24.4 Å². The van der Waals surface area contributed by atoms with E-state index in [0.717, 1.165) is 10.9 Å². The summed E-state index contributed by atoms with van der Waals surface area (Å²) < 4.78 is 24.7. The van der Waals surface area contributed by atoms with Crippen molar-refractivity contribution in [2.24, 2.45) is 0 Å². The van der Waals surface area contributed by atoms with Gasteiger partial charge in [0, 0.05) is 25.3 Å². The average molecular weight is 350 g/mol. The summed E-state index contributed by atoms with van der Waals surface area (Å²) in [5, 5.41) is 0.926. The second-order valence-electron chi connectivity index (χ2n) is 5.33. The van der Waals surface area contributed by atoms with Crippen molar-refractivity contribution < 1.29 is 18.4 Å². The lowest BCUT2D eigenvalue weighted by Crippen LogP contribution is -2.27. The van der Waals surface area contributed by atoms with E-state index in [4.69, 9.17) is 9.05 Å². The van der Waals surface area contributed by atoms with E-state index >= 15 is 0 Å². The van der Waals surface area contributed by atoms with Crippen molar-refractivity contribution in [3.63, 3.8) is 0 Å². The molecule has 1 heterocycles. The predicted molar refractivity (Wildman–Crippen MR) is 96.3 cm³/mol. The SMILES string of the molecule is CCOP(=O)(/C=C/c1cc2ccccc2n1C(=O)N(C)C)OCC. The number of fused-ring (bicyclic) bond motifs is 1. The summed E-state index contributed by atoms with van der Waals surface area (Å²) in [7, 11) is 0.0602. The molecule has 0 radical (unpaired) electrons. The van der Waals surface area contributed by atoms with Crippen LogP contribution in [-0.4, -0.2) is 42.8 Å². The number of carbonyl (C=O) groups is 1. The van der Waals surface area contributed by atoms with E-state index in [2.05, 4.69) is 0 Å². The van der Waals surface area contributed by atoms with Crippen LogP contribution in [0.1, 0.15) is 19.5 Å². The highest BCUT2D eigenvalue weighted by Gasteiger charge is 2.20. The Hall–Kier alpha value is -1.88. The molecule has 0 saturated carbocycles. The van der Waals surface area contributed by atoms with Gasteiger partial charge in [0.2, 0.25) is 0 Å². The lowest BCUT2D eigenvalue weighted by molar-refractivity contribution is 0.220. The van der Waals surface area contributed by atoms with E-state index in [1.54, 1.807) is 38.6 Å². The summed E-state index contributed by atoms with van der Waals surface area (Å²) in [6.07, 6.45) is 1.62. The molecular formula is C17H23N2O4P. The molecule has 0 bridgehead atoms. The van der Waals surface area contributed by atoms with Gasteiger partial charge in [-0.25, -0.2) is 4.79 Å². The Morgan fingerprint density at radius 3 is 2.42 bits per heavy atom. The van der Waals surface area contributed by atoms with Crippen molar-refractivity contribution in [3.05, 3.63) is 41.8 Å². The first kappa shape index (κ1) is 18.5. The van der Waals surface area contributed by atoms with Crippen LogP contribution < -0.4 is 0 Å². The third-order valence-corrected chi connectivity index (χ3v) is 5.11. The zero-order chi connectivity index (χ0) is 17.7. The molecule has 0 N–H and O–H groups in total. The van der Waals surface area contributed by atoms with Crippen LogP contribution in [0, 0.1) is 0 Å². The van der Waals surface area contributed by atoms with E-state index in [-0.39, 0.29) is 19.2 Å². The monoisotopic (exact) mass is 350 g/mol. The molecule has 24 heavy (non-hydrogen) atoms. The van der Waals surface area contributed by atoms with Crippen molar-refractivity contribution in [3.8, 4) is 0 Å². The highest BCUT2D eigenvalue weighted by atomic mass is 31.2. The highest BCUT2D eigenvalue weighted by molar-refractivity contribution is 7.57. The molecule has 0 aliphatic heterocycles. The maximum atomic E-state index is 12.6. The van der Waals surface area contributed by atoms with E-state index < -0.39 is 7.60 Å². The van der Waals surface area contributed by atoms with Gasteiger partial charge in [-0.15, -0.1) is 0 Å². The topological polar surface area (TPSA) is 60.8 Å². The smallest absolute Gasteiger partial charge is 0.330 e. The van der Waals surface area contributed by atoms with Gasteiger partial charge in [-0.2, -0.15) is 0 Å². The standard InChI is InChI=1S/C17H23N2O4P/c1-5-22-24(21,23-6-2)12-11-15-13-14-9-7-8-10-16(14)19(15)17(20)18(3)4/h7-13H,5-6H2,1-4H3/b12-11+. The maximum absolute atomic E-state index is 12.6. The summed E-state index contributed by atoms with van der Waals surface area (Å²) in [4.78, 5) is 14.0. The fourth-order valence-corrected chi connectivity index (χ4v) is 3.66. The second kappa shape index (κ2) is 7.79. The zero-order valence-corrected chi connectivity index (χ0v) is 15.3. The second-order valence-corrected chi connectivity index (χ2v) is 7.23. The molecule has 2 rings (SSSR count). The molecular weight excluding hydrogens is 327 g/mol. The minimum absolute atomic E-state index is 0.182. The molecule has 2 aromatic rings. The van der Waals surface area contributed by atoms with Gasteiger partial charge in [-0.05, 0) is 32.1 Å². The summed E-state index contributed by atoms with van der Waals surface area (Å²) in [6.45, 7) is 4.07. The Labute approximate surface area is 142 Å². The average Bonchev–Trinajstić information content (AvgIpc) is 2.91. The number of hydrogen-bond acceptors (Lipinski definition) is 4. The Morgan fingerprint density at radius 1 is 1.21 bits per heavy atom. The Bertz CT molecular complexity index is 785. The number of benzene rings is 1.